The van der Waals surface area contributed by atoms with Crippen LogP contribution in [-0.2, 0) is 19.8 Å². The molecule has 0 aromatic heterocycles. The van der Waals surface area contributed by atoms with Crippen LogP contribution in [0.25, 0.3) is 6.08 Å². The molecule has 1 aliphatic rings. The number of rotatable bonds is 5. The maximum absolute atomic E-state index is 13.4. The van der Waals surface area contributed by atoms with Crippen molar-refractivity contribution in [2.45, 2.75) is 45.6 Å². The van der Waals surface area contributed by atoms with Gasteiger partial charge in [0.1, 0.15) is 6.04 Å². The van der Waals surface area contributed by atoms with Crippen LogP contribution in [0.4, 0.5) is 17.1 Å². The first kappa shape index (κ1) is 24.9. The summed E-state index contributed by atoms with van der Waals surface area (Å²) in [5.41, 5.74) is 4.92. The van der Waals surface area contributed by atoms with Gasteiger partial charge in [-0.2, -0.15) is 0 Å². The normalized spacial score (nSPS) is 15.4. The van der Waals surface area contributed by atoms with Gasteiger partial charge in [-0.25, -0.2) is 0 Å². The molecule has 0 bridgehead atoms. The second-order valence-corrected chi connectivity index (χ2v) is 10.1. The molecule has 0 unspecified atom stereocenters. The van der Waals surface area contributed by atoms with E-state index in [0.29, 0.717) is 17.1 Å². The van der Waals surface area contributed by atoms with Gasteiger partial charge in [0.15, 0.2) is 0 Å². The van der Waals surface area contributed by atoms with E-state index in [1.165, 1.54) is 16.5 Å². The molecule has 3 aromatic carbocycles. The molecule has 1 aliphatic heterocycles. The summed E-state index contributed by atoms with van der Waals surface area (Å²) in [4.78, 5) is 40.7. The lowest BCUT2D eigenvalue weighted by molar-refractivity contribution is -0.124. The number of carbonyl (C=O) groups excluding carboxylic acids is 3. The van der Waals surface area contributed by atoms with E-state index in [0.717, 1.165) is 11.1 Å². The van der Waals surface area contributed by atoms with Crippen LogP contribution in [0.2, 0.25) is 0 Å². The molecule has 0 spiro atoms. The molecule has 36 heavy (non-hydrogen) atoms. The fourth-order valence-corrected chi connectivity index (χ4v) is 4.11. The molecule has 6 heteroatoms. The van der Waals surface area contributed by atoms with Crippen molar-refractivity contribution in [2.75, 3.05) is 15.5 Å². The number of para-hydroxylation sites is 2. The highest BCUT2D eigenvalue weighted by atomic mass is 16.2. The quantitative estimate of drug-likeness (QED) is 0.460. The predicted molar refractivity (Wildman–Crippen MR) is 145 cm³/mol. The van der Waals surface area contributed by atoms with E-state index < -0.39 is 11.9 Å². The van der Waals surface area contributed by atoms with E-state index in [1.807, 2.05) is 43.3 Å². The van der Waals surface area contributed by atoms with Crippen LogP contribution in [0.3, 0.4) is 0 Å². The zero-order valence-corrected chi connectivity index (χ0v) is 21.0. The van der Waals surface area contributed by atoms with E-state index in [9.17, 15) is 14.4 Å². The van der Waals surface area contributed by atoms with Crippen LogP contribution in [0.15, 0.2) is 78.9 Å². The average Bonchev–Trinajstić information content (AvgIpc) is 2.84. The van der Waals surface area contributed by atoms with Gasteiger partial charge < -0.3 is 10.6 Å². The number of anilines is 3. The molecule has 6 nitrogen and oxygen atoms in total. The fraction of sp³-hybridized carbons (Fsp3) is 0.233. The maximum Gasteiger partial charge on any atom is 0.251 e. The van der Waals surface area contributed by atoms with Crippen molar-refractivity contribution in [3.05, 3.63) is 95.6 Å². The zero-order chi connectivity index (χ0) is 25.9. The molecule has 4 rings (SSSR count). The standard InChI is InChI=1S/C30H31N3O3/c1-20-9-16-23(17-10-20)31-27(34)19-26-29(36)32-24-7-5-6-8-25(24)33(26)28(35)18-13-21-11-14-22(15-12-21)30(2,3)4/h5-18,26H,19H2,1-4H3,(H,31,34)(H,32,36)/b18-13+/t26-/m1/s1. The summed E-state index contributed by atoms with van der Waals surface area (Å²) in [5, 5.41) is 5.65. The van der Waals surface area contributed by atoms with Crippen molar-refractivity contribution >= 4 is 40.9 Å². The van der Waals surface area contributed by atoms with Gasteiger partial charge in [-0.05, 0) is 53.8 Å². The lowest BCUT2D eigenvalue weighted by atomic mass is 9.87. The smallest absolute Gasteiger partial charge is 0.251 e. The molecular weight excluding hydrogens is 450 g/mol. The van der Waals surface area contributed by atoms with Gasteiger partial charge in [0.2, 0.25) is 11.8 Å². The number of benzene rings is 3. The summed E-state index contributed by atoms with van der Waals surface area (Å²) in [5.74, 6) is -1.12. The highest BCUT2D eigenvalue weighted by Gasteiger charge is 2.37. The summed E-state index contributed by atoms with van der Waals surface area (Å²) in [6.07, 6.45) is 3.01. The first-order valence-electron chi connectivity index (χ1n) is 12.0. The van der Waals surface area contributed by atoms with Crippen molar-refractivity contribution in [1.29, 1.82) is 0 Å². The minimum atomic E-state index is -0.981. The highest BCUT2D eigenvalue weighted by molar-refractivity contribution is 6.16. The van der Waals surface area contributed by atoms with Gasteiger partial charge in [0.05, 0.1) is 17.8 Å². The maximum atomic E-state index is 13.4. The van der Waals surface area contributed by atoms with E-state index in [4.69, 9.17) is 0 Å². The third kappa shape index (κ3) is 5.71. The highest BCUT2D eigenvalue weighted by Crippen LogP contribution is 2.33. The van der Waals surface area contributed by atoms with Gasteiger partial charge in [-0.15, -0.1) is 0 Å². The second-order valence-electron chi connectivity index (χ2n) is 10.1. The molecule has 3 aromatic rings. The summed E-state index contributed by atoms with van der Waals surface area (Å²) in [6, 6.07) is 21.6. The number of nitrogens with one attached hydrogen (secondary N) is 2. The average molecular weight is 482 g/mol. The van der Waals surface area contributed by atoms with E-state index in [2.05, 4.69) is 31.4 Å². The van der Waals surface area contributed by atoms with Gasteiger partial charge in [0, 0.05) is 11.8 Å². The summed E-state index contributed by atoms with van der Waals surface area (Å²) < 4.78 is 0. The van der Waals surface area contributed by atoms with E-state index in [-0.39, 0.29) is 23.7 Å². The molecule has 1 atom stereocenters. The summed E-state index contributed by atoms with van der Waals surface area (Å²) in [7, 11) is 0. The molecule has 0 fully saturated rings. The third-order valence-electron chi connectivity index (χ3n) is 6.18. The molecule has 0 radical (unpaired) electrons. The van der Waals surface area contributed by atoms with Crippen molar-refractivity contribution in [1.82, 2.24) is 0 Å². The number of amides is 3. The Labute approximate surface area is 212 Å². The minimum absolute atomic E-state index is 0.0370. The number of hydrogen-bond acceptors (Lipinski definition) is 3. The Morgan fingerprint density at radius 3 is 2.31 bits per heavy atom. The molecule has 0 aliphatic carbocycles. The molecule has 184 valence electrons. The zero-order valence-electron chi connectivity index (χ0n) is 21.0. The Bertz CT molecular complexity index is 1300. The SMILES string of the molecule is Cc1ccc(NC(=O)C[C@@H]2C(=O)Nc3ccccc3N2C(=O)/C=C/c2ccc(C(C)(C)C)cc2)cc1. The monoisotopic (exact) mass is 481 g/mol. The van der Waals surface area contributed by atoms with Gasteiger partial charge in [0.25, 0.3) is 5.91 Å². The molecule has 1 heterocycles. The molecule has 2 N–H and O–H groups in total. The van der Waals surface area contributed by atoms with Gasteiger partial charge in [-0.3, -0.25) is 19.3 Å². The third-order valence-corrected chi connectivity index (χ3v) is 6.18. The number of nitrogens with zero attached hydrogens (tertiary/aromatic N) is 1. The van der Waals surface area contributed by atoms with Crippen LogP contribution in [-0.4, -0.2) is 23.8 Å². The van der Waals surface area contributed by atoms with Gasteiger partial charge >= 0.3 is 0 Å². The Hall–Kier alpha value is -4.19. The second kappa shape index (κ2) is 10.2. The Morgan fingerprint density at radius 1 is 0.972 bits per heavy atom. The van der Waals surface area contributed by atoms with Gasteiger partial charge in [-0.1, -0.05) is 74.9 Å². The number of fused-ring (bicyclic) bond motifs is 1. The predicted octanol–water partition coefficient (Wildman–Crippen LogP) is 5.69. The molecule has 3 amide bonds. The topological polar surface area (TPSA) is 78.5 Å². The Kier molecular flexibility index (Phi) is 7.06. The lowest BCUT2D eigenvalue weighted by Gasteiger charge is -2.35. The first-order valence-corrected chi connectivity index (χ1v) is 12.0. The van der Waals surface area contributed by atoms with Crippen LogP contribution >= 0.6 is 0 Å². The number of carbonyl (C=O) groups is 3. The first-order chi connectivity index (χ1) is 17.1. The Morgan fingerprint density at radius 2 is 1.64 bits per heavy atom. The Balaban J connectivity index is 1.57. The molecule has 0 saturated carbocycles. The number of aryl methyl sites for hydroxylation is 1. The largest absolute Gasteiger partial charge is 0.326 e. The van der Waals surface area contributed by atoms with Crippen LogP contribution in [0.1, 0.15) is 43.9 Å². The van der Waals surface area contributed by atoms with Crippen LogP contribution in [0.5, 0.6) is 0 Å². The van der Waals surface area contributed by atoms with Crippen LogP contribution < -0.4 is 15.5 Å². The van der Waals surface area contributed by atoms with Crippen molar-refractivity contribution < 1.29 is 14.4 Å². The number of hydrogen-bond donors (Lipinski definition) is 2. The fourth-order valence-electron chi connectivity index (χ4n) is 4.11. The van der Waals surface area contributed by atoms with Crippen LogP contribution in [0, 0.1) is 6.92 Å². The van der Waals surface area contributed by atoms with Crippen molar-refractivity contribution in [2.24, 2.45) is 0 Å². The molecule has 0 saturated heterocycles. The summed E-state index contributed by atoms with van der Waals surface area (Å²) >= 11 is 0. The minimum Gasteiger partial charge on any atom is -0.326 e. The van der Waals surface area contributed by atoms with E-state index in [1.54, 1.807) is 42.5 Å². The van der Waals surface area contributed by atoms with Crippen molar-refractivity contribution in [3.63, 3.8) is 0 Å². The van der Waals surface area contributed by atoms with Crippen molar-refractivity contribution in [3.8, 4) is 0 Å². The summed E-state index contributed by atoms with van der Waals surface area (Å²) in [6.45, 7) is 8.41. The lowest BCUT2D eigenvalue weighted by Crippen LogP contribution is -2.52. The van der Waals surface area contributed by atoms with E-state index >= 15 is 0 Å². The molecular formula is C30H31N3O3.